The number of benzene rings is 1. The highest BCUT2D eigenvalue weighted by atomic mass is 32.2. The highest BCUT2D eigenvalue weighted by Crippen LogP contribution is 2.17. The number of rotatable bonds is 6. The molecule has 6 nitrogen and oxygen atoms in total. The Morgan fingerprint density at radius 1 is 1.39 bits per heavy atom. The number of hydrogen-bond donors (Lipinski definition) is 2. The van der Waals surface area contributed by atoms with Crippen LogP contribution >= 0.6 is 11.3 Å². The van der Waals surface area contributed by atoms with Crippen molar-refractivity contribution in [1.82, 2.24) is 10.0 Å². The molecule has 0 aliphatic carbocycles. The Morgan fingerprint density at radius 3 is 2.78 bits per heavy atom. The molecule has 8 heteroatoms. The molecule has 0 spiro atoms. The number of carbonyl (C=O) groups excluding carboxylic acids is 1. The van der Waals surface area contributed by atoms with Gasteiger partial charge in [0.25, 0.3) is 5.91 Å². The van der Waals surface area contributed by atoms with Crippen LogP contribution in [0.2, 0.25) is 0 Å². The van der Waals surface area contributed by atoms with Crippen molar-refractivity contribution in [3.05, 3.63) is 52.2 Å². The van der Waals surface area contributed by atoms with E-state index in [4.69, 9.17) is 0 Å². The van der Waals surface area contributed by atoms with Gasteiger partial charge in [0, 0.05) is 12.1 Å². The summed E-state index contributed by atoms with van der Waals surface area (Å²) >= 11 is 1.43. The zero-order chi connectivity index (χ0) is 16.9. The average molecular weight is 349 g/mol. The maximum atomic E-state index is 12.3. The Morgan fingerprint density at radius 2 is 2.17 bits per heavy atom. The number of nitriles is 1. The molecule has 120 valence electrons. The van der Waals surface area contributed by atoms with Gasteiger partial charge >= 0.3 is 0 Å². The summed E-state index contributed by atoms with van der Waals surface area (Å²) < 4.78 is 26.3. The summed E-state index contributed by atoms with van der Waals surface area (Å²) in [6.07, 6.45) is 0. The van der Waals surface area contributed by atoms with Crippen LogP contribution in [0, 0.1) is 11.3 Å². The lowest BCUT2D eigenvalue weighted by molar-refractivity contribution is 0.0945. The topological polar surface area (TPSA) is 99.1 Å². The number of nitrogens with zero attached hydrogens (tertiary/aromatic N) is 1. The lowest BCUT2D eigenvalue weighted by atomic mass is 10.1. The van der Waals surface area contributed by atoms with Crippen molar-refractivity contribution in [2.24, 2.45) is 0 Å². The monoisotopic (exact) mass is 349 g/mol. The van der Waals surface area contributed by atoms with Crippen molar-refractivity contribution in [2.45, 2.75) is 17.9 Å². The van der Waals surface area contributed by atoms with E-state index in [1.807, 2.05) is 11.4 Å². The minimum atomic E-state index is -3.64. The number of amides is 1. The molecule has 1 aromatic heterocycles. The number of hydrogen-bond acceptors (Lipinski definition) is 5. The van der Waals surface area contributed by atoms with E-state index in [0.717, 1.165) is 0 Å². The molecule has 2 N–H and O–H groups in total. The van der Waals surface area contributed by atoms with Gasteiger partial charge in [0.1, 0.15) is 6.04 Å². The molecule has 0 saturated carbocycles. The molecule has 2 aromatic rings. The highest BCUT2D eigenvalue weighted by Gasteiger charge is 2.18. The normalized spacial score (nSPS) is 12.3. The maximum absolute atomic E-state index is 12.3. The van der Waals surface area contributed by atoms with Gasteiger partial charge in [-0.1, -0.05) is 13.0 Å². The first kappa shape index (κ1) is 17.1. The van der Waals surface area contributed by atoms with Gasteiger partial charge in [-0.15, -0.1) is 0 Å². The van der Waals surface area contributed by atoms with Crippen LogP contribution in [0.4, 0.5) is 0 Å². The van der Waals surface area contributed by atoms with Gasteiger partial charge in [-0.25, -0.2) is 13.1 Å². The molecular formula is C15H15N3O3S2. The zero-order valence-electron chi connectivity index (χ0n) is 12.3. The molecule has 0 radical (unpaired) electrons. The lowest BCUT2D eigenvalue weighted by Gasteiger charge is -2.11. The largest absolute Gasteiger partial charge is 0.332 e. The molecule has 0 saturated heterocycles. The number of nitrogens with one attached hydrogen (secondary N) is 2. The third-order valence-electron chi connectivity index (χ3n) is 3.02. The minimum Gasteiger partial charge on any atom is -0.332 e. The summed E-state index contributed by atoms with van der Waals surface area (Å²) in [6, 6.07) is 8.69. The van der Waals surface area contributed by atoms with E-state index in [0.29, 0.717) is 5.56 Å². The summed E-state index contributed by atoms with van der Waals surface area (Å²) in [6.45, 7) is 1.93. The fraction of sp³-hybridized carbons (Fsp3) is 0.200. The first-order chi connectivity index (χ1) is 11.0. The smallest absolute Gasteiger partial charge is 0.252 e. The first-order valence-electron chi connectivity index (χ1n) is 6.80. The van der Waals surface area contributed by atoms with E-state index in [-0.39, 0.29) is 17.0 Å². The number of thiophene rings is 1. The van der Waals surface area contributed by atoms with Crippen LogP contribution in [0.3, 0.4) is 0 Å². The molecule has 0 fully saturated rings. The fourth-order valence-corrected chi connectivity index (χ4v) is 3.69. The predicted molar refractivity (Wildman–Crippen MR) is 87.4 cm³/mol. The number of sulfonamides is 1. The summed E-state index contributed by atoms with van der Waals surface area (Å²) in [4.78, 5) is 12.3. The van der Waals surface area contributed by atoms with Gasteiger partial charge in [0.15, 0.2) is 0 Å². The van der Waals surface area contributed by atoms with Gasteiger partial charge in [0.2, 0.25) is 10.0 Å². The van der Waals surface area contributed by atoms with E-state index in [9.17, 15) is 18.5 Å². The van der Waals surface area contributed by atoms with Crippen molar-refractivity contribution in [3.63, 3.8) is 0 Å². The quantitative estimate of drug-likeness (QED) is 0.833. The van der Waals surface area contributed by atoms with Gasteiger partial charge in [-0.3, -0.25) is 4.79 Å². The summed E-state index contributed by atoms with van der Waals surface area (Å²) in [5.41, 5.74) is 0.877. The Balaban J connectivity index is 2.22. The molecule has 0 unspecified atom stereocenters. The molecule has 1 aromatic carbocycles. The van der Waals surface area contributed by atoms with E-state index in [1.165, 1.54) is 35.6 Å². The second-order valence-corrected chi connectivity index (χ2v) is 7.17. The maximum Gasteiger partial charge on any atom is 0.252 e. The van der Waals surface area contributed by atoms with Crippen molar-refractivity contribution < 1.29 is 13.2 Å². The molecule has 0 bridgehead atoms. The highest BCUT2D eigenvalue weighted by molar-refractivity contribution is 7.89. The average Bonchev–Trinajstić information content (AvgIpc) is 3.06. The van der Waals surface area contributed by atoms with Crippen LogP contribution in [0.25, 0.3) is 0 Å². The van der Waals surface area contributed by atoms with Crippen molar-refractivity contribution in [2.75, 3.05) is 6.54 Å². The zero-order valence-corrected chi connectivity index (χ0v) is 13.9. The standard InChI is InChI=1S/C15H15N3O3S2/c1-2-17-23(20,21)13-5-3-4-11(8-13)15(19)18-14(9-16)12-6-7-22-10-12/h3-8,10,14,17H,2H2,1H3,(H,18,19)/t14-/m0/s1. The predicted octanol–water partition coefficient (Wildman–Crippen LogP) is 2.04. The fourth-order valence-electron chi connectivity index (χ4n) is 1.92. The molecule has 0 aliphatic heterocycles. The van der Waals surface area contributed by atoms with Crippen LogP contribution < -0.4 is 10.0 Å². The summed E-state index contributed by atoms with van der Waals surface area (Å²) in [7, 11) is -3.64. The van der Waals surface area contributed by atoms with Gasteiger partial charge in [0.05, 0.1) is 11.0 Å². The molecular weight excluding hydrogens is 334 g/mol. The van der Waals surface area contributed by atoms with Gasteiger partial charge in [-0.05, 0) is 40.6 Å². The summed E-state index contributed by atoms with van der Waals surface area (Å²) in [5.74, 6) is -0.503. The van der Waals surface area contributed by atoms with E-state index >= 15 is 0 Å². The Hall–Kier alpha value is -2.21. The third-order valence-corrected chi connectivity index (χ3v) is 5.27. The molecule has 1 heterocycles. The van der Waals surface area contributed by atoms with Gasteiger partial charge < -0.3 is 5.32 Å². The molecule has 2 rings (SSSR count). The van der Waals surface area contributed by atoms with Gasteiger partial charge in [-0.2, -0.15) is 16.6 Å². The van der Waals surface area contributed by atoms with Crippen molar-refractivity contribution in [3.8, 4) is 6.07 Å². The van der Waals surface area contributed by atoms with Crippen LogP contribution in [0.1, 0.15) is 28.9 Å². The van der Waals surface area contributed by atoms with Crippen LogP contribution in [0.15, 0.2) is 46.0 Å². The Bertz CT molecular complexity index is 824. The Labute approximate surface area is 138 Å². The second kappa shape index (κ2) is 7.37. The van der Waals surface area contributed by atoms with Crippen molar-refractivity contribution >= 4 is 27.3 Å². The first-order valence-corrected chi connectivity index (χ1v) is 9.23. The van der Waals surface area contributed by atoms with Crippen LogP contribution in [0.5, 0.6) is 0 Å². The third kappa shape index (κ3) is 4.16. The summed E-state index contributed by atoms with van der Waals surface area (Å²) in [5, 5.41) is 15.4. The van der Waals surface area contributed by atoms with E-state index < -0.39 is 22.0 Å². The molecule has 1 amide bonds. The van der Waals surface area contributed by atoms with Crippen LogP contribution in [-0.4, -0.2) is 20.9 Å². The van der Waals surface area contributed by atoms with E-state index in [2.05, 4.69) is 10.0 Å². The molecule has 0 aliphatic rings. The molecule has 1 atom stereocenters. The minimum absolute atomic E-state index is 0.0102. The van der Waals surface area contributed by atoms with Crippen LogP contribution in [-0.2, 0) is 10.0 Å². The number of carbonyl (C=O) groups is 1. The lowest BCUT2D eigenvalue weighted by Crippen LogP contribution is -2.28. The van der Waals surface area contributed by atoms with E-state index in [1.54, 1.807) is 18.4 Å². The SMILES string of the molecule is CCNS(=O)(=O)c1cccc(C(=O)N[C@@H](C#N)c2ccsc2)c1. The van der Waals surface area contributed by atoms with Crippen molar-refractivity contribution in [1.29, 1.82) is 5.26 Å². The molecule has 23 heavy (non-hydrogen) atoms. The second-order valence-electron chi connectivity index (χ2n) is 4.62. The Kier molecular flexibility index (Phi) is 5.50.